The molecule has 2 aliphatic heterocycles. The monoisotopic (exact) mass is 347 g/mol. The van der Waals surface area contributed by atoms with Crippen molar-refractivity contribution in [2.75, 3.05) is 39.4 Å². The Hall–Kier alpha value is -1.24. The molecule has 2 saturated heterocycles. The van der Waals surface area contributed by atoms with Crippen LogP contribution in [0.3, 0.4) is 0 Å². The van der Waals surface area contributed by atoms with Gasteiger partial charge in [0.25, 0.3) is 0 Å². The van der Waals surface area contributed by atoms with Gasteiger partial charge >= 0.3 is 0 Å². The van der Waals surface area contributed by atoms with E-state index in [9.17, 15) is 4.79 Å². The number of nitrogens with zero attached hydrogens (tertiary/aromatic N) is 3. The fraction of sp³-hybridized carbons (Fsp3) is 0.667. The molecule has 6 heteroatoms. The third-order valence-electron chi connectivity index (χ3n) is 5.47. The molecule has 0 N–H and O–H groups in total. The summed E-state index contributed by atoms with van der Waals surface area (Å²) >= 11 is 1.72. The lowest BCUT2D eigenvalue weighted by molar-refractivity contribution is -0.136. The zero-order valence-corrected chi connectivity index (χ0v) is 14.8. The standard InChI is InChI=1S/C18H25N3O2S/c22-17(15-3-1-2-4-15)21-8-9-23-14-18(13-21)5-7-20(12-18)11-16-19-6-10-24-16/h1-2,6,10,15H,3-5,7-9,11-14H2/t18-/m0/s1. The van der Waals surface area contributed by atoms with E-state index < -0.39 is 0 Å². The van der Waals surface area contributed by atoms with Gasteiger partial charge in [0.2, 0.25) is 5.91 Å². The summed E-state index contributed by atoms with van der Waals surface area (Å²) in [7, 11) is 0. The Bertz CT molecular complexity index is 595. The van der Waals surface area contributed by atoms with E-state index in [0.717, 1.165) is 58.6 Å². The van der Waals surface area contributed by atoms with Crippen molar-refractivity contribution in [1.82, 2.24) is 14.8 Å². The number of carbonyl (C=O) groups is 1. The summed E-state index contributed by atoms with van der Waals surface area (Å²) in [5.74, 6) is 0.483. The highest BCUT2D eigenvalue weighted by Crippen LogP contribution is 2.35. The lowest BCUT2D eigenvalue weighted by Gasteiger charge is -2.33. The highest BCUT2D eigenvalue weighted by atomic mass is 32.1. The number of ether oxygens (including phenoxy) is 1. The lowest BCUT2D eigenvalue weighted by Crippen LogP contribution is -2.45. The minimum Gasteiger partial charge on any atom is -0.379 e. The van der Waals surface area contributed by atoms with Crippen LogP contribution in [0.15, 0.2) is 23.7 Å². The third kappa shape index (κ3) is 3.41. The highest BCUT2D eigenvalue weighted by Gasteiger charge is 2.42. The maximum absolute atomic E-state index is 12.8. The second-order valence-corrected chi connectivity index (χ2v) is 8.32. The second-order valence-electron chi connectivity index (χ2n) is 7.34. The van der Waals surface area contributed by atoms with Crippen molar-refractivity contribution in [1.29, 1.82) is 0 Å². The van der Waals surface area contributed by atoms with Gasteiger partial charge in [-0.1, -0.05) is 12.2 Å². The molecule has 4 rings (SSSR count). The first-order chi connectivity index (χ1) is 11.7. The molecule has 1 atom stereocenters. The largest absolute Gasteiger partial charge is 0.379 e. The van der Waals surface area contributed by atoms with Gasteiger partial charge in [0.15, 0.2) is 0 Å². The molecule has 1 spiro atoms. The number of hydrogen-bond acceptors (Lipinski definition) is 5. The average molecular weight is 347 g/mol. The first-order valence-corrected chi connectivity index (χ1v) is 9.74. The molecular formula is C18H25N3O2S. The lowest BCUT2D eigenvalue weighted by atomic mass is 9.87. The van der Waals surface area contributed by atoms with Gasteiger partial charge in [0.05, 0.1) is 19.8 Å². The van der Waals surface area contributed by atoms with Crippen molar-refractivity contribution in [3.63, 3.8) is 0 Å². The molecule has 130 valence electrons. The number of thiazole rings is 1. The maximum atomic E-state index is 12.8. The molecule has 0 saturated carbocycles. The minimum atomic E-state index is 0.0927. The van der Waals surface area contributed by atoms with Crippen LogP contribution >= 0.6 is 11.3 Å². The molecule has 24 heavy (non-hydrogen) atoms. The third-order valence-corrected chi connectivity index (χ3v) is 6.23. The topological polar surface area (TPSA) is 45.7 Å². The average Bonchev–Trinajstić information content (AvgIpc) is 3.30. The Morgan fingerprint density at radius 2 is 2.21 bits per heavy atom. The van der Waals surface area contributed by atoms with E-state index in [1.807, 2.05) is 11.6 Å². The van der Waals surface area contributed by atoms with Crippen molar-refractivity contribution in [3.05, 3.63) is 28.7 Å². The molecule has 1 amide bonds. The van der Waals surface area contributed by atoms with Gasteiger partial charge in [0.1, 0.15) is 5.01 Å². The van der Waals surface area contributed by atoms with Crippen LogP contribution in [0.5, 0.6) is 0 Å². The Morgan fingerprint density at radius 3 is 3.00 bits per heavy atom. The van der Waals surface area contributed by atoms with Crippen LogP contribution in [0.2, 0.25) is 0 Å². The Morgan fingerprint density at radius 1 is 1.33 bits per heavy atom. The summed E-state index contributed by atoms with van der Waals surface area (Å²) in [6.45, 7) is 6.00. The van der Waals surface area contributed by atoms with E-state index in [1.54, 1.807) is 11.3 Å². The Balaban J connectivity index is 1.41. The van der Waals surface area contributed by atoms with E-state index in [1.165, 1.54) is 5.01 Å². The van der Waals surface area contributed by atoms with Crippen LogP contribution in [-0.4, -0.2) is 60.1 Å². The summed E-state index contributed by atoms with van der Waals surface area (Å²) in [4.78, 5) is 21.8. The number of carbonyl (C=O) groups excluding carboxylic acids is 1. The Kier molecular flexibility index (Phi) is 4.70. The molecule has 0 unspecified atom stereocenters. The maximum Gasteiger partial charge on any atom is 0.226 e. The first-order valence-electron chi connectivity index (χ1n) is 8.86. The summed E-state index contributed by atoms with van der Waals surface area (Å²) in [6.07, 6.45) is 9.05. The van der Waals surface area contributed by atoms with Crippen LogP contribution in [-0.2, 0) is 16.1 Å². The van der Waals surface area contributed by atoms with Gasteiger partial charge in [0, 0.05) is 42.5 Å². The summed E-state index contributed by atoms with van der Waals surface area (Å²) < 4.78 is 5.91. The number of hydrogen-bond donors (Lipinski definition) is 0. The smallest absolute Gasteiger partial charge is 0.226 e. The summed E-state index contributed by atoms with van der Waals surface area (Å²) in [6, 6.07) is 0. The number of aromatic nitrogens is 1. The van der Waals surface area contributed by atoms with Crippen LogP contribution in [0, 0.1) is 11.3 Å². The molecule has 0 bridgehead atoms. The molecular weight excluding hydrogens is 322 g/mol. The molecule has 0 radical (unpaired) electrons. The van der Waals surface area contributed by atoms with Gasteiger partial charge in [-0.05, 0) is 25.8 Å². The first kappa shape index (κ1) is 16.2. The quantitative estimate of drug-likeness (QED) is 0.786. The van der Waals surface area contributed by atoms with Crippen LogP contribution in [0.1, 0.15) is 24.3 Å². The summed E-state index contributed by atoms with van der Waals surface area (Å²) in [5.41, 5.74) is 0.0927. The molecule has 1 aliphatic carbocycles. The van der Waals surface area contributed by atoms with Crippen LogP contribution in [0.4, 0.5) is 0 Å². The van der Waals surface area contributed by atoms with Gasteiger partial charge in [-0.2, -0.15) is 0 Å². The van der Waals surface area contributed by atoms with E-state index in [4.69, 9.17) is 4.74 Å². The molecule has 2 fully saturated rings. The molecule has 3 heterocycles. The second kappa shape index (κ2) is 6.94. The molecule has 1 aromatic heterocycles. The number of amides is 1. The minimum absolute atomic E-state index is 0.0927. The summed E-state index contributed by atoms with van der Waals surface area (Å²) in [5, 5.41) is 3.21. The molecule has 3 aliphatic rings. The normalized spacial score (nSPS) is 28.8. The van der Waals surface area contributed by atoms with Crippen molar-refractivity contribution in [2.45, 2.75) is 25.8 Å². The van der Waals surface area contributed by atoms with Crippen LogP contribution in [0.25, 0.3) is 0 Å². The number of allylic oxidation sites excluding steroid dienone is 2. The van der Waals surface area contributed by atoms with Crippen molar-refractivity contribution in [2.24, 2.45) is 11.3 Å². The van der Waals surface area contributed by atoms with Crippen molar-refractivity contribution in [3.8, 4) is 0 Å². The van der Waals surface area contributed by atoms with Gasteiger partial charge in [-0.15, -0.1) is 11.3 Å². The van der Waals surface area contributed by atoms with Crippen LogP contribution < -0.4 is 0 Å². The number of rotatable bonds is 3. The molecule has 5 nitrogen and oxygen atoms in total. The van der Waals surface area contributed by atoms with E-state index in [2.05, 4.69) is 26.9 Å². The SMILES string of the molecule is O=C(C1CC=CC1)N1CCOC[C@]2(CCN(Cc3nccs3)C2)C1. The fourth-order valence-corrected chi connectivity index (χ4v) is 4.85. The van der Waals surface area contributed by atoms with E-state index in [-0.39, 0.29) is 11.3 Å². The highest BCUT2D eigenvalue weighted by molar-refractivity contribution is 7.09. The van der Waals surface area contributed by atoms with Gasteiger partial charge in [-0.25, -0.2) is 4.98 Å². The Labute approximate surface area is 147 Å². The zero-order chi connectivity index (χ0) is 16.4. The van der Waals surface area contributed by atoms with Crippen molar-refractivity contribution < 1.29 is 9.53 Å². The van der Waals surface area contributed by atoms with E-state index >= 15 is 0 Å². The van der Waals surface area contributed by atoms with Crippen molar-refractivity contribution >= 4 is 17.2 Å². The fourth-order valence-electron chi connectivity index (χ4n) is 4.19. The van der Waals surface area contributed by atoms with Gasteiger partial charge in [-0.3, -0.25) is 9.69 Å². The predicted octanol–water partition coefficient (Wildman–Crippen LogP) is 2.16. The van der Waals surface area contributed by atoms with Gasteiger partial charge < -0.3 is 9.64 Å². The number of likely N-dealkylation sites (tertiary alicyclic amines) is 1. The zero-order valence-electron chi connectivity index (χ0n) is 14.0. The van der Waals surface area contributed by atoms with E-state index in [0.29, 0.717) is 12.5 Å². The predicted molar refractivity (Wildman–Crippen MR) is 93.7 cm³/mol. The molecule has 0 aromatic carbocycles. The molecule has 1 aromatic rings.